The van der Waals surface area contributed by atoms with E-state index in [1.54, 1.807) is 12.1 Å². The highest BCUT2D eigenvalue weighted by molar-refractivity contribution is 6.32. The topological polar surface area (TPSA) is 49.2 Å². The molecule has 0 aliphatic carbocycles. The van der Waals surface area contributed by atoms with Crippen molar-refractivity contribution in [2.75, 3.05) is 13.6 Å². The third-order valence-corrected chi connectivity index (χ3v) is 4.02. The van der Waals surface area contributed by atoms with Crippen molar-refractivity contribution in [3.63, 3.8) is 0 Å². The van der Waals surface area contributed by atoms with Crippen LogP contribution in [-0.4, -0.2) is 33.6 Å². The number of nitrogens with zero attached hydrogens (tertiary/aromatic N) is 3. The fourth-order valence-corrected chi connectivity index (χ4v) is 2.58. The Morgan fingerprint density at radius 2 is 2.00 bits per heavy atom. The molecular weight excluding hydrogens is 328 g/mol. The Morgan fingerprint density at radius 1 is 1.27 bits per heavy atom. The van der Waals surface area contributed by atoms with Gasteiger partial charge in [-0.2, -0.15) is 0 Å². The van der Waals surface area contributed by atoms with E-state index >= 15 is 0 Å². The number of rotatable bonds is 5. The van der Waals surface area contributed by atoms with Gasteiger partial charge in [-0.15, -0.1) is 0 Å². The fraction of sp³-hybridized carbons (Fsp3) is 0.333. The number of aliphatic hydroxyl groups is 1. The molecular formula is C15H16Cl2FN3O. The molecule has 1 N–H and O–H groups in total. The Labute approximate surface area is 138 Å². The van der Waals surface area contributed by atoms with E-state index in [4.69, 9.17) is 23.2 Å². The first-order valence-corrected chi connectivity index (χ1v) is 7.45. The van der Waals surface area contributed by atoms with Gasteiger partial charge in [-0.05, 0) is 32.2 Å². The quantitative estimate of drug-likeness (QED) is 0.842. The van der Waals surface area contributed by atoms with Gasteiger partial charge in [0.1, 0.15) is 22.2 Å². The third kappa shape index (κ3) is 4.14. The van der Waals surface area contributed by atoms with E-state index in [1.807, 2.05) is 18.9 Å². The van der Waals surface area contributed by atoms with E-state index in [0.29, 0.717) is 22.5 Å². The molecule has 0 aliphatic heterocycles. The second-order valence-electron chi connectivity index (χ2n) is 5.05. The van der Waals surface area contributed by atoms with Gasteiger partial charge in [0.25, 0.3) is 0 Å². The molecule has 4 nitrogen and oxygen atoms in total. The Bertz CT molecular complexity index is 639. The van der Waals surface area contributed by atoms with Crippen molar-refractivity contribution in [2.24, 2.45) is 0 Å². The Morgan fingerprint density at radius 3 is 2.59 bits per heavy atom. The molecule has 0 aromatic carbocycles. The van der Waals surface area contributed by atoms with Gasteiger partial charge >= 0.3 is 0 Å². The van der Waals surface area contributed by atoms with Crippen LogP contribution < -0.4 is 0 Å². The Kier molecular flexibility index (Phi) is 5.69. The summed E-state index contributed by atoms with van der Waals surface area (Å²) < 4.78 is 12.9. The van der Waals surface area contributed by atoms with Gasteiger partial charge in [0, 0.05) is 18.2 Å². The first-order valence-electron chi connectivity index (χ1n) is 6.70. The lowest BCUT2D eigenvalue weighted by Gasteiger charge is -2.27. The molecule has 0 aliphatic rings. The Balaban J connectivity index is 2.07. The van der Waals surface area contributed by atoms with Gasteiger partial charge in [0.2, 0.25) is 0 Å². The van der Waals surface area contributed by atoms with Crippen molar-refractivity contribution in [1.29, 1.82) is 0 Å². The van der Waals surface area contributed by atoms with Crippen LogP contribution in [0.2, 0.25) is 10.3 Å². The van der Waals surface area contributed by atoms with Crippen LogP contribution in [0.15, 0.2) is 30.5 Å². The Hall–Kier alpha value is -1.27. The zero-order valence-corrected chi connectivity index (χ0v) is 13.7. The summed E-state index contributed by atoms with van der Waals surface area (Å²) in [5.74, 6) is -0.434. The molecule has 2 unspecified atom stereocenters. The molecule has 2 atom stereocenters. The predicted octanol–water partition coefficient (Wildman–Crippen LogP) is 3.65. The molecule has 0 saturated heterocycles. The fourth-order valence-electron chi connectivity index (χ4n) is 2.08. The average molecular weight is 344 g/mol. The zero-order chi connectivity index (χ0) is 16.3. The summed E-state index contributed by atoms with van der Waals surface area (Å²) in [5, 5.41) is 10.9. The maximum absolute atomic E-state index is 12.9. The van der Waals surface area contributed by atoms with E-state index in [1.165, 1.54) is 12.1 Å². The van der Waals surface area contributed by atoms with E-state index in [0.717, 1.165) is 11.8 Å². The van der Waals surface area contributed by atoms with Crippen LogP contribution in [0.25, 0.3) is 0 Å². The maximum Gasteiger partial charge on any atom is 0.141 e. The number of likely N-dealkylation sites (N-methyl/N-ethyl adjacent to an activating group) is 1. The highest BCUT2D eigenvalue weighted by Crippen LogP contribution is 2.27. The van der Waals surface area contributed by atoms with Crippen molar-refractivity contribution in [2.45, 2.75) is 19.1 Å². The maximum atomic E-state index is 12.9. The predicted molar refractivity (Wildman–Crippen MR) is 84.5 cm³/mol. The largest absolute Gasteiger partial charge is 0.385 e. The number of hydrogen-bond donors (Lipinski definition) is 1. The first kappa shape index (κ1) is 17.1. The lowest BCUT2D eigenvalue weighted by Crippen LogP contribution is -2.28. The van der Waals surface area contributed by atoms with E-state index in [9.17, 15) is 9.50 Å². The normalized spacial score (nSPS) is 14.1. The van der Waals surface area contributed by atoms with Gasteiger partial charge in [-0.1, -0.05) is 29.3 Å². The first-order chi connectivity index (χ1) is 10.4. The number of hydrogen-bond acceptors (Lipinski definition) is 4. The minimum Gasteiger partial charge on any atom is -0.385 e. The van der Waals surface area contributed by atoms with Crippen molar-refractivity contribution in [3.05, 3.63) is 57.8 Å². The molecule has 0 spiro atoms. The molecule has 7 heteroatoms. The summed E-state index contributed by atoms with van der Waals surface area (Å²) in [6.45, 7) is 2.26. The molecule has 2 heterocycles. The van der Waals surface area contributed by atoms with E-state index in [2.05, 4.69) is 9.97 Å². The minimum absolute atomic E-state index is 0.0765. The smallest absolute Gasteiger partial charge is 0.141 e. The molecule has 2 rings (SSSR count). The van der Waals surface area contributed by atoms with Crippen LogP contribution in [0, 0.1) is 5.82 Å². The van der Waals surface area contributed by atoms with Crippen LogP contribution >= 0.6 is 23.2 Å². The average Bonchev–Trinajstić information content (AvgIpc) is 2.47. The number of aromatic nitrogens is 2. The molecule has 2 aromatic heterocycles. The molecule has 0 radical (unpaired) electrons. The highest BCUT2D eigenvalue weighted by Gasteiger charge is 2.20. The van der Waals surface area contributed by atoms with Crippen LogP contribution in [0.3, 0.4) is 0 Å². The minimum atomic E-state index is -0.827. The summed E-state index contributed by atoms with van der Waals surface area (Å²) in [7, 11) is 1.85. The van der Waals surface area contributed by atoms with Crippen LogP contribution in [-0.2, 0) is 0 Å². The van der Waals surface area contributed by atoms with Crippen molar-refractivity contribution >= 4 is 23.2 Å². The van der Waals surface area contributed by atoms with Crippen LogP contribution in [0.1, 0.15) is 30.3 Å². The molecule has 118 valence electrons. The van der Waals surface area contributed by atoms with E-state index < -0.39 is 11.9 Å². The molecule has 0 saturated carbocycles. The standard InChI is InChI=1S/C15H16Cl2FN3O/c1-9(11-4-6-14(16)20-15(11)17)21(2)8-13(22)12-5-3-10(18)7-19-12/h3-7,9,13,22H,8H2,1-2H3. The van der Waals surface area contributed by atoms with Gasteiger partial charge < -0.3 is 5.11 Å². The summed E-state index contributed by atoms with van der Waals surface area (Å²) in [6.07, 6.45) is 0.259. The van der Waals surface area contributed by atoms with Gasteiger partial charge in [-0.3, -0.25) is 9.88 Å². The van der Waals surface area contributed by atoms with Crippen molar-refractivity contribution in [1.82, 2.24) is 14.9 Å². The monoisotopic (exact) mass is 343 g/mol. The number of pyridine rings is 2. The van der Waals surface area contributed by atoms with Crippen LogP contribution in [0.4, 0.5) is 4.39 Å². The molecule has 0 bridgehead atoms. The second kappa shape index (κ2) is 7.33. The highest BCUT2D eigenvalue weighted by atomic mass is 35.5. The van der Waals surface area contributed by atoms with Gasteiger partial charge in [0.15, 0.2) is 0 Å². The molecule has 2 aromatic rings. The molecule has 0 fully saturated rings. The SMILES string of the molecule is CC(c1ccc(Cl)nc1Cl)N(C)CC(O)c1ccc(F)cn1. The van der Waals surface area contributed by atoms with Gasteiger partial charge in [0.05, 0.1) is 11.9 Å². The van der Waals surface area contributed by atoms with E-state index in [-0.39, 0.29) is 6.04 Å². The van der Waals surface area contributed by atoms with Crippen LogP contribution in [0.5, 0.6) is 0 Å². The summed E-state index contributed by atoms with van der Waals surface area (Å²) in [4.78, 5) is 9.81. The second-order valence-corrected chi connectivity index (χ2v) is 5.79. The molecule has 22 heavy (non-hydrogen) atoms. The number of halogens is 3. The summed E-state index contributed by atoms with van der Waals surface area (Å²) in [5.41, 5.74) is 1.23. The number of aliphatic hydroxyl groups excluding tert-OH is 1. The summed E-state index contributed by atoms with van der Waals surface area (Å²) >= 11 is 11.9. The lowest BCUT2D eigenvalue weighted by molar-refractivity contribution is 0.105. The van der Waals surface area contributed by atoms with Crippen molar-refractivity contribution in [3.8, 4) is 0 Å². The summed E-state index contributed by atoms with van der Waals surface area (Å²) in [6, 6.07) is 6.14. The molecule has 0 amide bonds. The third-order valence-electron chi connectivity index (χ3n) is 3.51. The zero-order valence-electron chi connectivity index (χ0n) is 12.2. The van der Waals surface area contributed by atoms with Gasteiger partial charge in [-0.25, -0.2) is 9.37 Å². The lowest BCUT2D eigenvalue weighted by atomic mass is 10.1. The van der Waals surface area contributed by atoms with Crippen molar-refractivity contribution < 1.29 is 9.50 Å².